The lowest BCUT2D eigenvalue weighted by Gasteiger charge is -2.35. The number of carbonyl (C=O) groups is 2. The lowest BCUT2D eigenvalue weighted by molar-refractivity contribution is -0.137. The molecule has 4 heterocycles. The molecule has 2 aliphatic rings. The molecule has 0 spiro atoms. The molecule has 3 aromatic heterocycles. The molecule has 0 bridgehead atoms. The number of rotatable bonds is 7. The van der Waals surface area contributed by atoms with Crippen molar-refractivity contribution in [2.75, 3.05) is 23.5 Å². The SMILES string of the molecule is CCc1cc2c(nc1CN[C@H]1CC[C@](O)(C(=O)Nc3ccnc4ccc(OC)nc34)CC1)NC(=O)CS2. The number of thioether (sulfide) groups is 1. The molecule has 10 nitrogen and oxygen atoms in total. The number of fused-ring (bicyclic) bond motifs is 2. The standard InChI is InChI=1S/C26H30N6O4S/c1-3-15-12-20-24(31-21(33)14-37-20)29-19(15)13-28-16-6-9-26(35,10-7-16)25(34)30-18-8-11-27-17-4-5-22(36-2)32-23(17)18/h4-5,8,11-12,16,28,35H,3,6-7,9-10,13-14H2,1-2H3,(H,27,30,34)(H,29,31,33)/t16-,26+. The Balaban J connectivity index is 1.21. The van der Waals surface area contributed by atoms with Crippen molar-refractivity contribution in [1.29, 1.82) is 0 Å². The van der Waals surface area contributed by atoms with Crippen molar-refractivity contribution in [3.63, 3.8) is 0 Å². The van der Waals surface area contributed by atoms with Gasteiger partial charge in [0.2, 0.25) is 11.8 Å². The molecule has 1 aliphatic heterocycles. The summed E-state index contributed by atoms with van der Waals surface area (Å²) in [7, 11) is 1.53. The predicted molar refractivity (Wildman–Crippen MR) is 142 cm³/mol. The molecule has 0 unspecified atom stereocenters. The number of methoxy groups -OCH3 is 1. The van der Waals surface area contributed by atoms with Crippen LogP contribution in [0.2, 0.25) is 0 Å². The molecule has 11 heteroatoms. The first-order valence-corrected chi connectivity index (χ1v) is 13.4. The van der Waals surface area contributed by atoms with Gasteiger partial charge in [-0.2, -0.15) is 0 Å². The molecular weight excluding hydrogens is 492 g/mol. The Kier molecular flexibility index (Phi) is 7.27. The highest BCUT2D eigenvalue weighted by molar-refractivity contribution is 8.00. The molecule has 0 radical (unpaired) electrons. The van der Waals surface area contributed by atoms with Crippen LogP contribution in [0.4, 0.5) is 11.5 Å². The van der Waals surface area contributed by atoms with Gasteiger partial charge in [0.05, 0.1) is 34.7 Å². The summed E-state index contributed by atoms with van der Waals surface area (Å²) in [5, 5.41) is 20.4. The maximum atomic E-state index is 13.1. The average Bonchev–Trinajstić information content (AvgIpc) is 2.92. The highest BCUT2D eigenvalue weighted by Gasteiger charge is 2.40. The smallest absolute Gasteiger partial charge is 0.256 e. The van der Waals surface area contributed by atoms with Crippen LogP contribution in [-0.4, -0.2) is 56.4 Å². The van der Waals surface area contributed by atoms with Crippen molar-refractivity contribution < 1.29 is 19.4 Å². The zero-order valence-corrected chi connectivity index (χ0v) is 21.7. The first-order valence-electron chi connectivity index (χ1n) is 12.4. The highest BCUT2D eigenvalue weighted by atomic mass is 32.2. The number of ether oxygens (including phenoxy) is 1. The number of aromatic nitrogens is 3. The number of carbonyl (C=O) groups excluding carboxylic acids is 2. The second-order valence-corrected chi connectivity index (χ2v) is 10.4. The average molecular weight is 523 g/mol. The Labute approximate surface area is 219 Å². The molecule has 0 saturated heterocycles. The number of pyridine rings is 3. The van der Waals surface area contributed by atoms with E-state index in [0.29, 0.717) is 66.4 Å². The van der Waals surface area contributed by atoms with Crippen molar-refractivity contribution in [2.45, 2.75) is 62.1 Å². The van der Waals surface area contributed by atoms with E-state index in [1.807, 2.05) is 0 Å². The van der Waals surface area contributed by atoms with Crippen LogP contribution in [0, 0.1) is 0 Å². The van der Waals surface area contributed by atoms with Crippen LogP contribution >= 0.6 is 11.8 Å². The largest absolute Gasteiger partial charge is 0.481 e. The summed E-state index contributed by atoms with van der Waals surface area (Å²) in [6, 6.07) is 7.41. The topological polar surface area (TPSA) is 138 Å². The first kappa shape index (κ1) is 25.4. The van der Waals surface area contributed by atoms with E-state index in [0.717, 1.165) is 22.6 Å². The molecule has 2 amide bonds. The third-order valence-corrected chi connectivity index (χ3v) is 7.99. The number of amides is 2. The first-order chi connectivity index (χ1) is 17.9. The maximum Gasteiger partial charge on any atom is 0.256 e. The summed E-state index contributed by atoms with van der Waals surface area (Å²) in [5.41, 5.74) is 2.21. The molecule has 1 saturated carbocycles. The summed E-state index contributed by atoms with van der Waals surface area (Å²) >= 11 is 1.51. The summed E-state index contributed by atoms with van der Waals surface area (Å²) < 4.78 is 5.20. The summed E-state index contributed by atoms with van der Waals surface area (Å²) in [5.74, 6) is 0.979. The van der Waals surface area contributed by atoms with E-state index in [-0.39, 0.29) is 11.9 Å². The minimum atomic E-state index is -1.47. The number of anilines is 2. The number of nitrogens with one attached hydrogen (secondary N) is 3. The number of aliphatic hydroxyl groups is 1. The zero-order chi connectivity index (χ0) is 26.0. The lowest BCUT2D eigenvalue weighted by atomic mass is 9.81. The fourth-order valence-electron chi connectivity index (χ4n) is 4.77. The van der Waals surface area contributed by atoms with E-state index < -0.39 is 11.5 Å². The normalized spacial score (nSPS) is 21.3. The zero-order valence-electron chi connectivity index (χ0n) is 20.8. The number of hydrogen-bond acceptors (Lipinski definition) is 9. The van der Waals surface area contributed by atoms with Gasteiger partial charge < -0.3 is 25.8 Å². The molecule has 1 aliphatic carbocycles. The van der Waals surface area contributed by atoms with Gasteiger partial charge in [-0.1, -0.05) is 6.92 Å². The fourth-order valence-corrected chi connectivity index (χ4v) is 5.59. The molecule has 1 fully saturated rings. The van der Waals surface area contributed by atoms with Crippen LogP contribution in [0.25, 0.3) is 11.0 Å². The van der Waals surface area contributed by atoms with Gasteiger partial charge in [0.1, 0.15) is 16.9 Å². The molecule has 37 heavy (non-hydrogen) atoms. The van der Waals surface area contributed by atoms with Crippen LogP contribution in [0.1, 0.15) is 43.9 Å². The van der Waals surface area contributed by atoms with Gasteiger partial charge in [-0.05, 0) is 55.9 Å². The number of nitrogens with zero attached hydrogens (tertiary/aromatic N) is 3. The van der Waals surface area contributed by atoms with Crippen molar-refractivity contribution >= 4 is 46.1 Å². The van der Waals surface area contributed by atoms with E-state index in [9.17, 15) is 14.7 Å². The second kappa shape index (κ2) is 10.6. The Morgan fingerprint density at radius 2 is 2.08 bits per heavy atom. The Hall–Kier alpha value is -3.28. The quantitative estimate of drug-likeness (QED) is 0.369. The maximum absolute atomic E-state index is 13.1. The van der Waals surface area contributed by atoms with Gasteiger partial charge in [-0.25, -0.2) is 9.97 Å². The van der Waals surface area contributed by atoms with Gasteiger partial charge in [0.25, 0.3) is 5.91 Å². The van der Waals surface area contributed by atoms with Gasteiger partial charge in [-0.15, -0.1) is 11.8 Å². The molecule has 0 atom stereocenters. The van der Waals surface area contributed by atoms with E-state index in [2.05, 4.69) is 38.9 Å². The summed E-state index contributed by atoms with van der Waals surface area (Å²) in [4.78, 5) is 39.3. The van der Waals surface area contributed by atoms with E-state index in [1.165, 1.54) is 18.9 Å². The monoisotopic (exact) mass is 522 g/mol. The molecule has 5 rings (SSSR count). The van der Waals surface area contributed by atoms with Gasteiger partial charge in [-0.3, -0.25) is 14.6 Å². The van der Waals surface area contributed by atoms with Crippen molar-refractivity contribution in [3.8, 4) is 5.88 Å². The number of aryl methyl sites for hydroxylation is 1. The van der Waals surface area contributed by atoms with E-state index in [4.69, 9.17) is 9.72 Å². The van der Waals surface area contributed by atoms with Crippen LogP contribution in [0.5, 0.6) is 5.88 Å². The lowest BCUT2D eigenvalue weighted by Crippen LogP contribution is -2.48. The Morgan fingerprint density at radius 1 is 1.27 bits per heavy atom. The fraction of sp³-hybridized carbons (Fsp3) is 0.423. The summed E-state index contributed by atoms with van der Waals surface area (Å²) in [6.07, 6.45) is 4.40. The molecule has 0 aromatic carbocycles. The van der Waals surface area contributed by atoms with Gasteiger partial charge in [0, 0.05) is 24.8 Å². The van der Waals surface area contributed by atoms with Gasteiger partial charge in [0.15, 0.2) is 0 Å². The molecular formula is C26H30N6O4S. The summed E-state index contributed by atoms with van der Waals surface area (Å²) in [6.45, 7) is 2.65. The minimum Gasteiger partial charge on any atom is -0.481 e. The van der Waals surface area contributed by atoms with Crippen LogP contribution < -0.4 is 20.7 Å². The van der Waals surface area contributed by atoms with Crippen molar-refractivity contribution in [3.05, 3.63) is 41.7 Å². The Bertz CT molecular complexity index is 1340. The Morgan fingerprint density at radius 3 is 2.84 bits per heavy atom. The highest BCUT2D eigenvalue weighted by Crippen LogP contribution is 2.33. The van der Waals surface area contributed by atoms with Crippen LogP contribution in [0.15, 0.2) is 35.4 Å². The van der Waals surface area contributed by atoms with E-state index >= 15 is 0 Å². The second-order valence-electron chi connectivity index (χ2n) is 9.35. The van der Waals surface area contributed by atoms with Crippen molar-refractivity contribution in [1.82, 2.24) is 20.3 Å². The van der Waals surface area contributed by atoms with Gasteiger partial charge >= 0.3 is 0 Å². The van der Waals surface area contributed by atoms with Crippen LogP contribution in [0.3, 0.4) is 0 Å². The molecule has 4 N–H and O–H groups in total. The molecule has 194 valence electrons. The third kappa shape index (κ3) is 5.39. The number of hydrogen-bond donors (Lipinski definition) is 4. The van der Waals surface area contributed by atoms with Crippen molar-refractivity contribution in [2.24, 2.45) is 0 Å². The predicted octanol–water partition coefficient (Wildman–Crippen LogP) is 3.04. The van der Waals surface area contributed by atoms with E-state index in [1.54, 1.807) is 24.4 Å². The van der Waals surface area contributed by atoms with Crippen LogP contribution in [-0.2, 0) is 22.6 Å². The third-order valence-electron chi connectivity index (χ3n) is 6.96. The molecule has 3 aromatic rings. The minimum absolute atomic E-state index is 0.0346.